The van der Waals surface area contributed by atoms with Crippen LogP contribution in [0.15, 0.2) is 97.6 Å². The van der Waals surface area contributed by atoms with Crippen molar-refractivity contribution in [1.82, 2.24) is 5.32 Å². The second kappa shape index (κ2) is 28.3. The van der Waals surface area contributed by atoms with Crippen LogP contribution in [0.1, 0.15) is 99.8 Å². The van der Waals surface area contributed by atoms with Gasteiger partial charge in [-0.05, 0) is 28.7 Å². The van der Waals surface area contributed by atoms with Gasteiger partial charge in [-0.15, -0.1) is 6.58 Å². The maximum atomic E-state index is 14.6. The largest absolute Gasteiger partial charge is 0.475 e. The SMILES string of the molecule is C=CCO[C@H]1O[C@H](COCc2ccccc2)[C@@H](OP2(=O)OCc3ccccc3CO2)[C@H](OC(=O)C[C@H](CCCCCCCCCCC)OCc2ccccc2)[C@H]1NC(=O)OCC(Cl)(Cl)Cl. The second-order valence-electron chi connectivity index (χ2n) is 16.1. The number of unbranched alkanes of at least 4 members (excludes halogenated alkanes) is 8. The first-order valence-corrected chi connectivity index (χ1v) is 25.0. The summed E-state index contributed by atoms with van der Waals surface area (Å²) >= 11 is 17.7. The molecule has 1 fully saturated rings. The minimum Gasteiger partial charge on any atom is -0.457 e. The third-order valence-corrected chi connectivity index (χ3v) is 12.5. The van der Waals surface area contributed by atoms with Crippen LogP contribution in [0.25, 0.3) is 0 Å². The average Bonchev–Trinajstić information content (AvgIpc) is 3.47. The summed E-state index contributed by atoms with van der Waals surface area (Å²) in [4.78, 5) is 27.9. The maximum absolute atomic E-state index is 14.6. The normalized spacial score (nSPS) is 21.1. The van der Waals surface area contributed by atoms with E-state index >= 15 is 0 Å². The molecule has 358 valence electrons. The average molecular weight is 983 g/mol. The molecule has 65 heavy (non-hydrogen) atoms. The maximum Gasteiger partial charge on any atom is 0.475 e. The van der Waals surface area contributed by atoms with Crippen molar-refractivity contribution < 1.29 is 56.1 Å². The molecule has 1 N–H and O–H groups in total. The van der Waals surface area contributed by atoms with Crippen molar-refractivity contribution in [2.75, 3.05) is 19.8 Å². The molecule has 2 aliphatic rings. The molecule has 2 heterocycles. The molecule has 5 rings (SSSR count). The van der Waals surface area contributed by atoms with Crippen LogP contribution >= 0.6 is 42.6 Å². The van der Waals surface area contributed by atoms with Gasteiger partial charge in [0, 0.05) is 0 Å². The van der Waals surface area contributed by atoms with Gasteiger partial charge in [0.1, 0.15) is 24.9 Å². The molecule has 13 nitrogen and oxygen atoms in total. The molecule has 3 aromatic carbocycles. The molecule has 0 aliphatic carbocycles. The summed E-state index contributed by atoms with van der Waals surface area (Å²) in [6.45, 7) is 5.37. The highest BCUT2D eigenvalue weighted by Crippen LogP contribution is 2.55. The van der Waals surface area contributed by atoms with Gasteiger partial charge in [0.25, 0.3) is 0 Å². The fourth-order valence-corrected chi connectivity index (χ4v) is 8.95. The van der Waals surface area contributed by atoms with Crippen molar-refractivity contribution in [3.8, 4) is 0 Å². The first kappa shape index (κ1) is 52.9. The highest BCUT2D eigenvalue weighted by molar-refractivity contribution is 7.48. The number of rotatable bonds is 27. The molecule has 2 aliphatic heterocycles. The Labute approximate surface area is 398 Å². The Morgan fingerprint density at radius 3 is 2.02 bits per heavy atom. The summed E-state index contributed by atoms with van der Waals surface area (Å²) in [6, 6.07) is 25.1. The zero-order valence-electron chi connectivity index (χ0n) is 37.0. The Morgan fingerprint density at radius 2 is 1.42 bits per heavy atom. The number of hydrogen-bond donors (Lipinski definition) is 1. The van der Waals surface area contributed by atoms with Gasteiger partial charge in [0.05, 0.1) is 52.2 Å². The number of ether oxygens (including phenoxy) is 6. The third kappa shape index (κ3) is 19.2. The minimum absolute atomic E-state index is 0.0487. The Bertz CT molecular complexity index is 1880. The number of benzene rings is 3. The third-order valence-electron chi connectivity index (χ3n) is 10.8. The van der Waals surface area contributed by atoms with E-state index in [0.717, 1.165) is 47.9 Å². The highest BCUT2D eigenvalue weighted by Gasteiger charge is 2.54. The lowest BCUT2D eigenvalue weighted by Gasteiger charge is -2.45. The van der Waals surface area contributed by atoms with Crippen LogP contribution in [0.4, 0.5) is 4.79 Å². The lowest BCUT2D eigenvalue weighted by molar-refractivity contribution is -0.271. The molecular weight excluding hydrogens is 920 g/mol. The number of amides is 1. The molecule has 1 saturated heterocycles. The first-order chi connectivity index (χ1) is 31.4. The molecule has 0 unspecified atom stereocenters. The zero-order chi connectivity index (χ0) is 46.3. The van der Waals surface area contributed by atoms with Gasteiger partial charge in [-0.2, -0.15) is 0 Å². The van der Waals surface area contributed by atoms with Gasteiger partial charge in [0.2, 0.25) is 3.79 Å². The summed E-state index contributed by atoms with van der Waals surface area (Å²) in [6.07, 6.45) is 5.14. The summed E-state index contributed by atoms with van der Waals surface area (Å²) in [5.41, 5.74) is 3.32. The zero-order valence-corrected chi connectivity index (χ0v) is 40.2. The molecular formula is C48H63Cl3NO12P. The van der Waals surface area contributed by atoms with Crippen molar-refractivity contribution in [2.45, 2.75) is 145 Å². The van der Waals surface area contributed by atoms with E-state index in [9.17, 15) is 14.2 Å². The molecule has 3 aromatic rings. The van der Waals surface area contributed by atoms with Gasteiger partial charge < -0.3 is 33.7 Å². The minimum atomic E-state index is -4.46. The summed E-state index contributed by atoms with van der Waals surface area (Å²) < 4.78 is 67.4. The number of alkyl carbamates (subject to hydrolysis) is 1. The van der Waals surface area contributed by atoms with Gasteiger partial charge in [-0.3, -0.25) is 18.4 Å². The molecule has 17 heteroatoms. The van der Waals surface area contributed by atoms with E-state index in [-0.39, 0.29) is 46.1 Å². The number of fused-ring (bicyclic) bond motifs is 1. The van der Waals surface area contributed by atoms with E-state index in [1.54, 1.807) is 0 Å². The van der Waals surface area contributed by atoms with Crippen molar-refractivity contribution in [1.29, 1.82) is 0 Å². The fourth-order valence-electron chi connectivity index (χ4n) is 7.44. The predicted octanol–water partition coefficient (Wildman–Crippen LogP) is 11.6. The van der Waals surface area contributed by atoms with Crippen LogP contribution in [0, 0.1) is 0 Å². The summed E-state index contributed by atoms with van der Waals surface area (Å²) in [5.74, 6) is -0.694. The van der Waals surface area contributed by atoms with E-state index in [2.05, 4.69) is 18.8 Å². The first-order valence-electron chi connectivity index (χ1n) is 22.4. The van der Waals surface area contributed by atoms with E-state index in [4.69, 9.17) is 76.8 Å². The number of esters is 1. The molecule has 0 aromatic heterocycles. The lowest BCUT2D eigenvalue weighted by atomic mass is 9.96. The number of nitrogens with one attached hydrogen (secondary N) is 1. The number of hydrogen-bond acceptors (Lipinski definition) is 12. The van der Waals surface area contributed by atoms with E-state index in [1.165, 1.54) is 38.2 Å². The van der Waals surface area contributed by atoms with Gasteiger partial charge in [0.15, 0.2) is 12.4 Å². The number of phosphoric acid groups is 1. The standard InChI is InChI=1S/C48H63Cl3NO12P/c1-3-5-6-7-8-9-10-11-18-27-40(58-31-37-23-16-13-17-24-37)29-42(53)63-45-43(52-47(54)59-35-48(49,50)51)46(57-28-4-2)62-41(34-56-30-36-21-14-12-15-22-36)44(45)64-65(55)60-32-38-25-19-20-26-39(38)33-61-65/h4,12-17,19-26,40-41,43-46H,2-3,5-11,18,27-35H2,1H3,(H,52,54)/t40-,41+,43+,44+,45+,46-/m0/s1. The summed E-state index contributed by atoms with van der Waals surface area (Å²) in [5, 5.41) is 2.66. The molecule has 0 radical (unpaired) electrons. The van der Waals surface area contributed by atoms with Gasteiger partial charge in [-0.1, -0.05) is 191 Å². The van der Waals surface area contributed by atoms with Crippen LogP contribution < -0.4 is 5.32 Å². The van der Waals surface area contributed by atoms with Crippen LogP contribution in [0.5, 0.6) is 0 Å². The Hall–Kier alpha value is -3.04. The second-order valence-corrected chi connectivity index (χ2v) is 20.2. The van der Waals surface area contributed by atoms with Crippen molar-refractivity contribution in [2.24, 2.45) is 0 Å². The Kier molecular flexibility index (Phi) is 23.1. The molecule has 0 bridgehead atoms. The van der Waals surface area contributed by atoms with Crippen LogP contribution in [-0.4, -0.2) is 72.4 Å². The highest BCUT2D eigenvalue weighted by atomic mass is 35.6. The number of phosphoric ester groups is 1. The van der Waals surface area contributed by atoms with E-state index in [0.29, 0.717) is 6.42 Å². The van der Waals surface area contributed by atoms with Gasteiger partial charge >= 0.3 is 19.9 Å². The van der Waals surface area contributed by atoms with E-state index in [1.807, 2.05) is 84.9 Å². The number of halogens is 3. The van der Waals surface area contributed by atoms with Crippen LogP contribution in [0.3, 0.4) is 0 Å². The number of carbonyl (C=O) groups excluding carboxylic acids is 2. The topological polar surface area (TPSA) is 146 Å². The summed E-state index contributed by atoms with van der Waals surface area (Å²) in [7, 11) is -4.46. The molecule has 6 atom stereocenters. The Morgan fingerprint density at radius 1 is 0.831 bits per heavy atom. The molecule has 0 spiro atoms. The van der Waals surface area contributed by atoms with Crippen molar-refractivity contribution >= 4 is 54.7 Å². The quantitative estimate of drug-likeness (QED) is 0.0255. The lowest BCUT2D eigenvalue weighted by Crippen LogP contribution is -2.66. The van der Waals surface area contributed by atoms with E-state index < -0.39 is 67.0 Å². The van der Waals surface area contributed by atoms with Gasteiger partial charge in [-0.25, -0.2) is 9.36 Å². The monoisotopic (exact) mass is 981 g/mol. The molecule has 1 amide bonds. The number of carbonyl (C=O) groups is 2. The van der Waals surface area contributed by atoms with Crippen LogP contribution in [0.2, 0.25) is 0 Å². The van der Waals surface area contributed by atoms with Crippen LogP contribution in [-0.2, 0) is 77.8 Å². The molecule has 0 saturated carbocycles. The Balaban J connectivity index is 1.43. The number of alkyl halides is 3. The van der Waals surface area contributed by atoms with Crippen molar-refractivity contribution in [3.63, 3.8) is 0 Å². The fraction of sp³-hybridized carbons (Fsp3) is 0.542. The smallest absolute Gasteiger partial charge is 0.457 e. The predicted molar refractivity (Wildman–Crippen MR) is 249 cm³/mol. The van der Waals surface area contributed by atoms with Crippen molar-refractivity contribution in [3.05, 3.63) is 120 Å².